The van der Waals surface area contributed by atoms with E-state index in [0.717, 1.165) is 5.56 Å². The van der Waals surface area contributed by atoms with Gasteiger partial charge < -0.3 is 5.32 Å². The van der Waals surface area contributed by atoms with Crippen molar-refractivity contribution >= 4 is 23.2 Å². The molecule has 1 aromatic rings. The second kappa shape index (κ2) is 4.28. The number of hydrogen-bond donors (Lipinski definition) is 1. The van der Waals surface area contributed by atoms with Gasteiger partial charge in [0.05, 0.1) is 5.02 Å². The lowest BCUT2D eigenvalue weighted by Crippen LogP contribution is -2.21. The zero-order valence-corrected chi connectivity index (χ0v) is 9.87. The smallest absolute Gasteiger partial charge is 0.142 e. The number of halogens is 3. The molecule has 0 bridgehead atoms. The molecule has 1 aromatic carbocycles. The van der Waals surface area contributed by atoms with Crippen LogP contribution < -0.4 is 5.32 Å². The van der Waals surface area contributed by atoms with Crippen molar-refractivity contribution in [2.24, 2.45) is 0 Å². The van der Waals surface area contributed by atoms with E-state index < -0.39 is 5.82 Å². The predicted molar refractivity (Wildman–Crippen MR) is 61.0 cm³/mol. The maximum absolute atomic E-state index is 13.3. The van der Waals surface area contributed by atoms with E-state index in [-0.39, 0.29) is 11.1 Å². The Morgan fingerprint density at radius 1 is 1.33 bits per heavy atom. The van der Waals surface area contributed by atoms with Crippen LogP contribution in [0.15, 0.2) is 12.1 Å². The van der Waals surface area contributed by atoms with Gasteiger partial charge in [-0.15, -0.1) is 0 Å². The van der Waals surface area contributed by atoms with Gasteiger partial charge in [-0.25, -0.2) is 4.39 Å². The van der Waals surface area contributed by atoms with E-state index in [0.29, 0.717) is 11.1 Å². The molecule has 1 fully saturated rings. The molecule has 0 heterocycles. The minimum absolute atomic E-state index is 0.0665. The van der Waals surface area contributed by atoms with Crippen LogP contribution in [0.2, 0.25) is 10.0 Å². The Morgan fingerprint density at radius 3 is 2.60 bits per heavy atom. The second-order valence-corrected chi connectivity index (χ2v) is 4.76. The van der Waals surface area contributed by atoms with Crippen LogP contribution in [0, 0.1) is 5.82 Å². The summed E-state index contributed by atoms with van der Waals surface area (Å²) >= 11 is 11.6. The molecule has 1 unspecified atom stereocenters. The van der Waals surface area contributed by atoms with Crippen molar-refractivity contribution in [3.05, 3.63) is 33.6 Å². The Balaban J connectivity index is 2.21. The zero-order chi connectivity index (χ0) is 11.0. The molecular weight excluding hydrogens is 236 g/mol. The lowest BCUT2D eigenvalue weighted by Gasteiger charge is -2.15. The molecule has 1 atom stereocenters. The summed E-state index contributed by atoms with van der Waals surface area (Å²) in [5, 5.41) is 3.95. The van der Waals surface area contributed by atoms with Crippen molar-refractivity contribution in [3.8, 4) is 0 Å². The molecule has 1 nitrogen and oxygen atoms in total. The summed E-state index contributed by atoms with van der Waals surface area (Å²) < 4.78 is 13.3. The molecule has 2 rings (SSSR count). The van der Waals surface area contributed by atoms with E-state index in [1.165, 1.54) is 25.0 Å². The molecule has 1 aliphatic rings. The largest absolute Gasteiger partial charge is 0.307 e. The van der Waals surface area contributed by atoms with Gasteiger partial charge in [-0.05, 0) is 37.5 Å². The van der Waals surface area contributed by atoms with Crippen molar-refractivity contribution < 1.29 is 4.39 Å². The predicted octanol–water partition coefficient (Wildman–Crippen LogP) is 3.95. The summed E-state index contributed by atoms with van der Waals surface area (Å²) in [7, 11) is 0. The summed E-state index contributed by atoms with van der Waals surface area (Å²) in [5.74, 6) is -0.416. The van der Waals surface area contributed by atoms with E-state index in [1.54, 1.807) is 0 Å². The fourth-order valence-corrected chi connectivity index (χ4v) is 2.11. The number of nitrogens with one attached hydrogen (secondary N) is 1. The maximum atomic E-state index is 13.3. The van der Waals surface area contributed by atoms with Crippen LogP contribution >= 0.6 is 23.2 Å². The minimum Gasteiger partial charge on any atom is -0.307 e. The summed E-state index contributed by atoms with van der Waals surface area (Å²) in [5.41, 5.74) is 0.769. The SMILES string of the molecule is CC(NC1CC1)c1cc(F)c(Cl)cc1Cl. The van der Waals surface area contributed by atoms with Crippen LogP contribution in [0.1, 0.15) is 31.4 Å². The molecule has 0 amide bonds. The van der Waals surface area contributed by atoms with Gasteiger partial charge >= 0.3 is 0 Å². The number of hydrogen-bond acceptors (Lipinski definition) is 1. The third kappa shape index (κ3) is 2.63. The molecule has 4 heteroatoms. The molecule has 1 saturated carbocycles. The fraction of sp³-hybridized carbons (Fsp3) is 0.455. The maximum Gasteiger partial charge on any atom is 0.142 e. The van der Waals surface area contributed by atoms with Crippen LogP contribution in [0.5, 0.6) is 0 Å². The van der Waals surface area contributed by atoms with Gasteiger partial charge in [0.1, 0.15) is 5.82 Å². The third-order valence-corrected chi connectivity index (χ3v) is 3.19. The molecule has 1 aliphatic carbocycles. The van der Waals surface area contributed by atoms with Crippen molar-refractivity contribution in [3.63, 3.8) is 0 Å². The van der Waals surface area contributed by atoms with Crippen LogP contribution in [0.4, 0.5) is 4.39 Å². The fourth-order valence-electron chi connectivity index (χ4n) is 1.56. The molecular formula is C11H12Cl2FN. The molecule has 0 spiro atoms. The molecule has 0 saturated heterocycles. The van der Waals surface area contributed by atoms with Gasteiger partial charge in [0.25, 0.3) is 0 Å². The average molecular weight is 248 g/mol. The molecule has 15 heavy (non-hydrogen) atoms. The zero-order valence-electron chi connectivity index (χ0n) is 8.36. The Hall–Kier alpha value is -0.310. The first-order valence-electron chi connectivity index (χ1n) is 4.98. The Labute approximate surface area is 98.6 Å². The molecule has 1 N–H and O–H groups in total. The van der Waals surface area contributed by atoms with Crippen LogP contribution in [0.25, 0.3) is 0 Å². The van der Waals surface area contributed by atoms with Crippen LogP contribution in [-0.4, -0.2) is 6.04 Å². The number of benzene rings is 1. The summed E-state index contributed by atoms with van der Waals surface area (Å²) in [4.78, 5) is 0. The highest BCUT2D eigenvalue weighted by molar-refractivity contribution is 6.35. The first kappa shape index (κ1) is 11.2. The first-order valence-corrected chi connectivity index (χ1v) is 5.74. The van der Waals surface area contributed by atoms with Crippen molar-refractivity contribution in [1.82, 2.24) is 5.32 Å². The van der Waals surface area contributed by atoms with E-state index in [1.807, 2.05) is 6.92 Å². The molecule has 0 radical (unpaired) electrons. The lowest BCUT2D eigenvalue weighted by atomic mass is 10.1. The average Bonchev–Trinajstić information content (AvgIpc) is 2.95. The Bertz CT molecular complexity index is 377. The van der Waals surface area contributed by atoms with Crippen LogP contribution in [0.3, 0.4) is 0 Å². The van der Waals surface area contributed by atoms with Crippen molar-refractivity contribution in [2.75, 3.05) is 0 Å². The lowest BCUT2D eigenvalue weighted by molar-refractivity contribution is 0.562. The van der Waals surface area contributed by atoms with E-state index in [9.17, 15) is 4.39 Å². The Kier molecular flexibility index (Phi) is 3.19. The highest BCUT2D eigenvalue weighted by Crippen LogP contribution is 2.31. The monoisotopic (exact) mass is 247 g/mol. The first-order chi connectivity index (χ1) is 7.08. The molecule has 0 aromatic heterocycles. The topological polar surface area (TPSA) is 12.0 Å². The van der Waals surface area contributed by atoms with E-state index in [2.05, 4.69) is 5.32 Å². The van der Waals surface area contributed by atoms with Crippen LogP contribution in [-0.2, 0) is 0 Å². The van der Waals surface area contributed by atoms with Gasteiger partial charge in [0.15, 0.2) is 0 Å². The highest BCUT2D eigenvalue weighted by Gasteiger charge is 2.24. The second-order valence-electron chi connectivity index (χ2n) is 3.95. The quantitative estimate of drug-likeness (QED) is 0.798. The summed E-state index contributed by atoms with van der Waals surface area (Å²) in [6.07, 6.45) is 2.38. The van der Waals surface area contributed by atoms with Crippen molar-refractivity contribution in [1.29, 1.82) is 0 Å². The van der Waals surface area contributed by atoms with E-state index >= 15 is 0 Å². The van der Waals surface area contributed by atoms with Gasteiger partial charge in [0, 0.05) is 17.1 Å². The van der Waals surface area contributed by atoms with Gasteiger partial charge in [-0.3, -0.25) is 0 Å². The third-order valence-electron chi connectivity index (χ3n) is 2.57. The summed E-state index contributed by atoms with van der Waals surface area (Å²) in [6.45, 7) is 1.98. The van der Waals surface area contributed by atoms with Gasteiger partial charge in [-0.1, -0.05) is 23.2 Å². The van der Waals surface area contributed by atoms with Gasteiger partial charge in [-0.2, -0.15) is 0 Å². The number of rotatable bonds is 3. The van der Waals surface area contributed by atoms with Gasteiger partial charge in [0.2, 0.25) is 0 Å². The highest BCUT2D eigenvalue weighted by atomic mass is 35.5. The van der Waals surface area contributed by atoms with Crippen molar-refractivity contribution in [2.45, 2.75) is 31.8 Å². The normalized spacial score (nSPS) is 17.9. The Morgan fingerprint density at radius 2 is 2.00 bits per heavy atom. The molecule has 0 aliphatic heterocycles. The standard InChI is InChI=1S/C11H12Cl2FN/c1-6(15-7-2-3-7)8-4-11(14)10(13)5-9(8)12/h4-7,15H,2-3H2,1H3. The van der Waals surface area contributed by atoms with E-state index in [4.69, 9.17) is 23.2 Å². The summed E-state index contributed by atoms with van der Waals surface area (Å²) in [6, 6.07) is 3.50. The molecule has 82 valence electrons. The minimum atomic E-state index is -0.416.